The largest absolute Gasteiger partial charge is 0.465 e. The van der Waals surface area contributed by atoms with Crippen molar-refractivity contribution in [3.63, 3.8) is 0 Å². The fraction of sp³-hybridized carbons (Fsp3) is 0.923. The number of ether oxygens (including phenoxy) is 2. The average molecular weight is 243 g/mol. The fourth-order valence-electron chi connectivity index (χ4n) is 2.23. The van der Waals surface area contributed by atoms with Crippen LogP contribution in [-0.4, -0.2) is 50.3 Å². The first kappa shape index (κ1) is 14.5. The second-order valence-electron chi connectivity index (χ2n) is 4.60. The van der Waals surface area contributed by atoms with Gasteiger partial charge in [-0.2, -0.15) is 0 Å². The van der Waals surface area contributed by atoms with E-state index in [0.717, 1.165) is 45.6 Å². The third-order valence-corrected chi connectivity index (χ3v) is 3.06. The molecule has 1 saturated heterocycles. The third kappa shape index (κ3) is 6.03. The summed E-state index contributed by atoms with van der Waals surface area (Å²) < 4.78 is 10.4. The van der Waals surface area contributed by atoms with E-state index in [1.165, 1.54) is 0 Å². The van der Waals surface area contributed by atoms with Gasteiger partial charge in [0.25, 0.3) is 0 Å². The molecule has 4 heteroatoms. The lowest BCUT2D eigenvalue weighted by Gasteiger charge is -2.28. The second kappa shape index (κ2) is 8.48. The minimum Gasteiger partial charge on any atom is -0.465 e. The van der Waals surface area contributed by atoms with Crippen molar-refractivity contribution in [3.8, 4) is 0 Å². The van der Waals surface area contributed by atoms with Crippen molar-refractivity contribution in [2.45, 2.75) is 33.1 Å². The van der Waals surface area contributed by atoms with Gasteiger partial charge in [-0.1, -0.05) is 6.92 Å². The van der Waals surface area contributed by atoms with Crippen LogP contribution in [0.3, 0.4) is 0 Å². The van der Waals surface area contributed by atoms with E-state index in [2.05, 4.69) is 11.8 Å². The molecular weight excluding hydrogens is 218 g/mol. The zero-order chi connectivity index (χ0) is 12.5. The number of nitrogens with zero attached hydrogens (tertiary/aromatic N) is 1. The first-order chi connectivity index (χ1) is 8.26. The van der Waals surface area contributed by atoms with Gasteiger partial charge < -0.3 is 9.47 Å². The van der Waals surface area contributed by atoms with Crippen LogP contribution in [0.4, 0.5) is 0 Å². The molecule has 0 atom stereocenters. The minimum absolute atomic E-state index is 0.104. The van der Waals surface area contributed by atoms with Gasteiger partial charge in [-0.05, 0) is 38.6 Å². The van der Waals surface area contributed by atoms with E-state index in [-0.39, 0.29) is 5.97 Å². The maximum atomic E-state index is 11.5. The summed E-state index contributed by atoms with van der Waals surface area (Å²) in [7, 11) is 0. The molecule has 1 fully saturated rings. The van der Waals surface area contributed by atoms with Crippen LogP contribution in [0.5, 0.6) is 0 Å². The molecule has 0 bridgehead atoms. The number of rotatable bonds is 7. The summed E-state index contributed by atoms with van der Waals surface area (Å²) in [5, 5.41) is 0. The highest BCUT2D eigenvalue weighted by atomic mass is 16.5. The lowest BCUT2D eigenvalue weighted by atomic mass is 9.99. The molecule has 1 rings (SSSR count). The van der Waals surface area contributed by atoms with E-state index in [9.17, 15) is 4.79 Å². The number of hydrogen-bond donors (Lipinski definition) is 0. The Morgan fingerprint density at radius 2 is 2.06 bits per heavy atom. The Kier molecular flexibility index (Phi) is 7.21. The minimum atomic E-state index is -0.104. The van der Waals surface area contributed by atoms with Crippen molar-refractivity contribution in [1.82, 2.24) is 4.90 Å². The molecule has 0 unspecified atom stereocenters. The summed E-state index contributed by atoms with van der Waals surface area (Å²) >= 11 is 0. The highest BCUT2D eigenvalue weighted by Crippen LogP contribution is 2.16. The Labute approximate surface area is 104 Å². The summed E-state index contributed by atoms with van der Waals surface area (Å²) in [5.74, 6) is 0.567. The van der Waals surface area contributed by atoms with Crippen LogP contribution in [0.15, 0.2) is 0 Å². The molecule has 0 aromatic rings. The van der Waals surface area contributed by atoms with E-state index in [4.69, 9.17) is 9.47 Å². The van der Waals surface area contributed by atoms with E-state index >= 15 is 0 Å². The summed E-state index contributed by atoms with van der Waals surface area (Å²) in [6.07, 6.45) is 3.30. The van der Waals surface area contributed by atoms with Gasteiger partial charge in [0.05, 0.1) is 13.2 Å². The molecule has 100 valence electrons. The van der Waals surface area contributed by atoms with Crippen LogP contribution in [0, 0.1) is 5.92 Å². The van der Waals surface area contributed by atoms with Crippen LogP contribution in [-0.2, 0) is 14.3 Å². The summed E-state index contributed by atoms with van der Waals surface area (Å²) in [4.78, 5) is 13.7. The van der Waals surface area contributed by atoms with Crippen molar-refractivity contribution < 1.29 is 14.3 Å². The van der Waals surface area contributed by atoms with Crippen LogP contribution >= 0.6 is 0 Å². The zero-order valence-electron chi connectivity index (χ0n) is 11.1. The number of hydrogen-bond acceptors (Lipinski definition) is 4. The van der Waals surface area contributed by atoms with Gasteiger partial charge in [-0.3, -0.25) is 9.69 Å². The lowest BCUT2D eigenvalue weighted by Crippen LogP contribution is -2.37. The molecule has 0 radical (unpaired) electrons. The molecule has 0 saturated carbocycles. The predicted molar refractivity (Wildman–Crippen MR) is 66.9 cm³/mol. The van der Waals surface area contributed by atoms with Crippen molar-refractivity contribution in [2.75, 3.05) is 39.5 Å². The number of carbonyl (C=O) groups excluding carboxylic acids is 1. The molecule has 17 heavy (non-hydrogen) atoms. The topological polar surface area (TPSA) is 38.8 Å². The molecule has 1 aliphatic heterocycles. The monoisotopic (exact) mass is 243 g/mol. The van der Waals surface area contributed by atoms with E-state index < -0.39 is 0 Å². The van der Waals surface area contributed by atoms with Crippen LogP contribution in [0.25, 0.3) is 0 Å². The molecule has 0 aromatic heterocycles. The van der Waals surface area contributed by atoms with Crippen molar-refractivity contribution in [1.29, 1.82) is 0 Å². The standard InChI is InChI=1S/C13H25NO3/c1-3-7-14(11-13(15)17-4-2)10-12-5-8-16-9-6-12/h12H,3-11H2,1-2H3. The molecule has 0 amide bonds. The average Bonchev–Trinajstić information content (AvgIpc) is 2.31. The number of esters is 1. The molecule has 0 aromatic carbocycles. The molecule has 0 spiro atoms. The fourth-order valence-corrected chi connectivity index (χ4v) is 2.23. The van der Waals surface area contributed by atoms with Gasteiger partial charge in [0, 0.05) is 19.8 Å². The van der Waals surface area contributed by atoms with Gasteiger partial charge in [0.1, 0.15) is 0 Å². The maximum absolute atomic E-state index is 11.5. The molecule has 4 nitrogen and oxygen atoms in total. The van der Waals surface area contributed by atoms with Gasteiger partial charge in [-0.25, -0.2) is 0 Å². The number of carbonyl (C=O) groups is 1. The summed E-state index contributed by atoms with van der Waals surface area (Å²) in [5.41, 5.74) is 0. The Morgan fingerprint density at radius 3 is 2.65 bits per heavy atom. The van der Waals surface area contributed by atoms with E-state index in [0.29, 0.717) is 19.1 Å². The normalized spacial score (nSPS) is 17.4. The Morgan fingerprint density at radius 1 is 1.35 bits per heavy atom. The van der Waals surface area contributed by atoms with Gasteiger partial charge in [0.15, 0.2) is 0 Å². The molecule has 0 N–H and O–H groups in total. The molecule has 1 heterocycles. The predicted octanol–water partition coefficient (Wildman–Crippen LogP) is 1.69. The quantitative estimate of drug-likeness (QED) is 0.638. The lowest BCUT2D eigenvalue weighted by molar-refractivity contribution is -0.144. The molecule has 1 aliphatic rings. The van der Waals surface area contributed by atoms with Crippen LogP contribution in [0.1, 0.15) is 33.1 Å². The van der Waals surface area contributed by atoms with Crippen molar-refractivity contribution in [2.24, 2.45) is 5.92 Å². The van der Waals surface area contributed by atoms with Crippen molar-refractivity contribution in [3.05, 3.63) is 0 Å². The maximum Gasteiger partial charge on any atom is 0.320 e. The van der Waals surface area contributed by atoms with Crippen LogP contribution < -0.4 is 0 Å². The highest BCUT2D eigenvalue weighted by Gasteiger charge is 2.19. The summed E-state index contributed by atoms with van der Waals surface area (Å²) in [6.45, 7) is 8.58. The van der Waals surface area contributed by atoms with Crippen LogP contribution in [0.2, 0.25) is 0 Å². The third-order valence-electron chi connectivity index (χ3n) is 3.06. The van der Waals surface area contributed by atoms with Gasteiger partial charge >= 0.3 is 5.97 Å². The Bertz CT molecular complexity index is 215. The zero-order valence-corrected chi connectivity index (χ0v) is 11.1. The van der Waals surface area contributed by atoms with Gasteiger partial charge in [-0.15, -0.1) is 0 Å². The SMILES string of the molecule is CCCN(CC(=O)OCC)CC1CCOCC1. The smallest absolute Gasteiger partial charge is 0.320 e. The Balaban J connectivity index is 2.32. The highest BCUT2D eigenvalue weighted by molar-refractivity contribution is 5.71. The molecule has 0 aliphatic carbocycles. The van der Waals surface area contributed by atoms with E-state index in [1.807, 2.05) is 6.92 Å². The first-order valence-electron chi connectivity index (χ1n) is 6.72. The van der Waals surface area contributed by atoms with Gasteiger partial charge in [0.2, 0.25) is 0 Å². The Hall–Kier alpha value is -0.610. The van der Waals surface area contributed by atoms with Crippen molar-refractivity contribution >= 4 is 5.97 Å². The second-order valence-corrected chi connectivity index (χ2v) is 4.60. The van der Waals surface area contributed by atoms with E-state index in [1.54, 1.807) is 0 Å². The first-order valence-corrected chi connectivity index (χ1v) is 6.72. The summed E-state index contributed by atoms with van der Waals surface area (Å²) in [6, 6.07) is 0. The molecular formula is C13H25NO3.